The molecular formula is C14H24N2O. The summed E-state index contributed by atoms with van der Waals surface area (Å²) >= 11 is 0. The zero-order chi connectivity index (χ0) is 12.8. The van der Waals surface area contributed by atoms with E-state index < -0.39 is 0 Å². The minimum Gasteiger partial charge on any atom is -0.496 e. The summed E-state index contributed by atoms with van der Waals surface area (Å²) in [6.45, 7) is 5.34. The fraction of sp³-hybridized carbons (Fsp3) is 0.571. The Kier molecular flexibility index (Phi) is 5.45. The molecule has 0 heterocycles. The van der Waals surface area contributed by atoms with Gasteiger partial charge < -0.3 is 15.0 Å². The number of hydrogen-bond acceptors (Lipinski definition) is 3. The summed E-state index contributed by atoms with van der Waals surface area (Å²) in [6.07, 6.45) is 0. The molecule has 0 aromatic heterocycles. The van der Waals surface area contributed by atoms with E-state index in [2.05, 4.69) is 44.2 Å². The number of rotatable bonds is 6. The van der Waals surface area contributed by atoms with Gasteiger partial charge in [0.1, 0.15) is 5.75 Å². The molecule has 1 aromatic carbocycles. The molecule has 1 aromatic rings. The molecule has 2 unspecified atom stereocenters. The monoisotopic (exact) mass is 236 g/mol. The molecule has 0 aliphatic carbocycles. The highest BCUT2D eigenvalue weighted by molar-refractivity contribution is 5.35. The second-order valence-corrected chi connectivity index (χ2v) is 4.68. The smallest absolute Gasteiger partial charge is 0.123 e. The van der Waals surface area contributed by atoms with Gasteiger partial charge in [0, 0.05) is 24.2 Å². The van der Waals surface area contributed by atoms with Crippen molar-refractivity contribution in [3.05, 3.63) is 29.8 Å². The summed E-state index contributed by atoms with van der Waals surface area (Å²) in [5, 5.41) is 3.53. The Hall–Kier alpha value is -1.06. The van der Waals surface area contributed by atoms with Crippen molar-refractivity contribution in [2.45, 2.75) is 25.9 Å². The predicted molar refractivity (Wildman–Crippen MR) is 72.6 cm³/mol. The third-order valence-corrected chi connectivity index (χ3v) is 3.21. The zero-order valence-electron chi connectivity index (χ0n) is 11.5. The molecule has 0 aliphatic heterocycles. The Balaban J connectivity index is 2.60. The molecule has 0 saturated carbocycles. The Morgan fingerprint density at radius 2 is 1.88 bits per heavy atom. The van der Waals surface area contributed by atoms with Crippen LogP contribution < -0.4 is 10.1 Å². The molecule has 0 bridgehead atoms. The van der Waals surface area contributed by atoms with Crippen LogP contribution in [0.15, 0.2) is 24.3 Å². The van der Waals surface area contributed by atoms with E-state index in [0.717, 1.165) is 12.3 Å². The zero-order valence-corrected chi connectivity index (χ0v) is 11.5. The van der Waals surface area contributed by atoms with Gasteiger partial charge in [0.25, 0.3) is 0 Å². The standard InChI is InChI=1S/C14H24N2O/c1-11(16(3)4)10-15-12(2)13-8-6-7-9-14(13)17-5/h6-9,11-12,15H,10H2,1-5H3. The van der Waals surface area contributed by atoms with Crippen molar-refractivity contribution in [2.75, 3.05) is 27.7 Å². The van der Waals surface area contributed by atoms with Gasteiger partial charge in [-0.1, -0.05) is 18.2 Å². The number of ether oxygens (including phenoxy) is 1. The van der Waals surface area contributed by atoms with Gasteiger partial charge in [0.05, 0.1) is 7.11 Å². The molecule has 0 saturated heterocycles. The maximum Gasteiger partial charge on any atom is 0.123 e. The number of nitrogens with one attached hydrogen (secondary N) is 1. The maximum absolute atomic E-state index is 5.37. The van der Waals surface area contributed by atoms with Crippen molar-refractivity contribution in [1.82, 2.24) is 10.2 Å². The number of likely N-dealkylation sites (N-methyl/N-ethyl adjacent to an activating group) is 1. The van der Waals surface area contributed by atoms with Gasteiger partial charge in [0.2, 0.25) is 0 Å². The third kappa shape index (κ3) is 4.02. The van der Waals surface area contributed by atoms with Gasteiger partial charge in [-0.3, -0.25) is 0 Å². The Morgan fingerprint density at radius 1 is 1.24 bits per heavy atom. The van der Waals surface area contributed by atoms with E-state index in [4.69, 9.17) is 4.74 Å². The van der Waals surface area contributed by atoms with E-state index in [0.29, 0.717) is 12.1 Å². The van der Waals surface area contributed by atoms with Crippen molar-refractivity contribution in [1.29, 1.82) is 0 Å². The first-order chi connectivity index (χ1) is 8.06. The summed E-state index contributed by atoms with van der Waals surface area (Å²) in [5.74, 6) is 0.949. The van der Waals surface area contributed by atoms with Crippen LogP contribution in [0.2, 0.25) is 0 Å². The summed E-state index contributed by atoms with van der Waals surface area (Å²) in [4.78, 5) is 2.21. The van der Waals surface area contributed by atoms with Crippen molar-refractivity contribution >= 4 is 0 Å². The molecule has 0 radical (unpaired) electrons. The lowest BCUT2D eigenvalue weighted by Crippen LogP contribution is -2.36. The van der Waals surface area contributed by atoms with E-state index >= 15 is 0 Å². The van der Waals surface area contributed by atoms with Crippen LogP contribution in [-0.4, -0.2) is 38.7 Å². The lowest BCUT2D eigenvalue weighted by Gasteiger charge is -2.23. The molecule has 17 heavy (non-hydrogen) atoms. The number of benzene rings is 1. The van der Waals surface area contributed by atoms with Crippen molar-refractivity contribution in [3.63, 3.8) is 0 Å². The molecular weight excluding hydrogens is 212 g/mol. The van der Waals surface area contributed by atoms with Crippen LogP contribution in [0.5, 0.6) is 5.75 Å². The molecule has 1 N–H and O–H groups in total. The van der Waals surface area contributed by atoms with Gasteiger partial charge in [-0.05, 0) is 34.0 Å². The predicted octanol–water partition coefficient (Wildman–Crippen LogP) is 2.30. The molecule has 0 spiro atoms. The highest BCUT2D eigenvalue weighted by Gasteiger charge is 2.12. The minimum atomic E-state index is 0.300. The van der Waals surface area contributed by atoms with E-state index in [-0.39, 0.29) is 0 Å². The first-order valence-corrected chi connectivity index (χ1v) is 6.09. The van der Waals surface area contributed by atoms with Crippen molar-refractivity contribution in [3.8, 4) is 5.75 Å². The number of hydrogen-bond donors (Lipinski definition) is 1. The molecule has 96 valence electrons. The largest absolute Gasteiger partial charge is 0.496 e. The second kappa shape index (κ2) is 6.62. The molecule has 0 fully saturated rings. The van der Waals surface area contributed by atoms with Crippen LogP contribution >= 0.6 is 0 Å². The van der Waals surface area contributed by atoms with Gasteiger partial charge >= 0.3 is 0 Å². The quantitative estimate of drug-likeness (QED) is 0.820. The number of methoxy groups -OCH3 is 1. The Labute approximate surface area is 105 Å². The van der Waals surface area contributed by atoms with E-state index in [1.54, 1.807) is 7.11 Å². The van der Waals surface area contributed by atoms with Crippen molar-refractivity contribution < 1.29 is 4.74 Å². The summed E-state index contributed by atoms with van der Waals surface area (Å²) < 4.78 is 5.37. The van der Waals surface area contributed by atoms with Gasteiger partial charge in [0.15, 0.2) is 0 Å². The van der Waals surface area contributed by atoms with Crippen molar-refractivity contribution in [2.24, 2.45) is 0 Å². The Bertz CT molecular complexity index is 339. The van der Waals surface area contributed by atoms with Crippen LogP contribution in [0.25, 0.3) is 0 Å². The maximum atomic E-state index is 5.37. The average molecular weight is 236 g/mol. The Morgan fingerprint density at radius 3 is 2.47 bits per heavy atom. The van der Waals surface area contributed by atoms with Crippen LogP contribution in [0.3, 0.4) is 0 Å². The molecule has 3 heteroatoms. The number of nitrogens with zero attached hydrogens (tertiary/aromatic N) is 1. The fourth-order valence-corrected chi connectivity index (χ4v) is 1.66. The first-order valence-electron chi connectivity index (χ1n) is 6.09. The molecule has 1 rings (SSSR count). The normalized spacial score (nSPS) is 14.7. The van der Waals surface area contributed by atoms with Gasteiger partial charge in [-0.25, -0.2) is 0 Å². The van der Waals surface area contributed by atoms with E-state index in [9.17, 15) is 0 Å². The van der Waals surface area contributed by atoms with E-state index in [1.165, 1.54) is 5.56 Å². The topological polar surface area (TPSA) is 24.5 Å². The first kappa shape index (κ1) is 14.0. The molecule has 3 nitrogen and oxygen atoms in total. The van der Waals surface area contributed by atoms with E-state index in [1.807, 2.05) is 18.2 Å². The van der Waals surface area contributed by atoms with Gasteiger partial charge in [-0.2, -0.15) is 0 Å². The van der Waals surface area contributed by atoms with Crippen LogP contribution in [0.4, 0.5) is 0 Å². The highest BCUT2D eigenvalue weighted by atomic mass is 16.5. The summed E-state index contributed by atoms with van der Waals surface area (Å²) in [6, 6.07) is 8.98. The molecule has 0 amide bonds. The number of para-hydroxylation sites is 1. The van der Waals surface area contributed by atoms with Crippen LogP contribution in [-0.2, 0) is 0 Å². The fourth-order valence-electron chi connectivity index (χ4n) is 1.66. The SMILES string of the molecule is COc1ccccc1C(C)NCC(C)N(C)C. The van der Waals surface area contributed by atoms with Crippen LogP contribution in [0, 0.1) is 0 Å². The lowest BCUT2D eigenvalue weighted by atomic mass is 10.1. The lowest BCUT2D eigenvalue weighted by molar-refractivity contribution is 0.294. The average Bonchev–Trinajstić information content (AvgIpc) is 2.35. The molecule has 2 atom stereocenters. The highest BCUT2D eigenvalue weighted by Crippen LogP contribution is 2.24. The minimum absolute atomic E-state index is 0.300. The second-order valence-electron chi connectivity index (χ2n) is 4.68. The summed E-state index contributed by atoms with van der Waals surface area (Å²) in [7, 11) is 5.91. The summed E-state index contributed by atoms with van der Waals surface area (Å²) in [5.41, 5.74) is 1.21. The molecule has 0 aliphatic rings. The third-order valence-electron chi connectivity index (χ3n) is 3.21. The van der Waals surface area contributed by atoms with Gasteiger partial charge in [-0.15, -0.1) is 0 Å². The van der Waals surface area contributed by atoms with Crippen LogP contribution in [0.1, 0.15) is 25.5 Å².